The zero-order chi connectivity index (χ0) is 23.3. The summed E-state index contributed by atoms with van der Waals surface area (Å²) >= 11 is 0. The number of methoxy groups -OCH3 is 1. The van der Waals surface area contributed by atoms with Gasteiger partial charge in [0.15, 0.2) is 6.04 Å². The van der Waals surface area contributed by atoms with Gasteiger partial charge in [-0.3, -0.25) is 15.0 Å². The van der Waals surface area contributed by atoms with Gasteiger partial charge in [0.25, 0.3) is 5.69 Å². The molecule has 9 nitrogen and oxygen atoms in total. The number of non-ortho nitro benzene ring substituents is 1. The lowest BCUT2D eigenvalue weighted by Crippen LogP contribution is -2.44. The van der Waals surface area contributed by atoms with Gasteiger partial charge in [0.1, 0.15) is 12.4 Å². The second-order valence-corrected chi connectivity index (χ2v) is 7.92. The molecule has 1 unspecified atom stereocenters. The van der Waals surface area contributed by atoms with Crippen LogP contribution in [0.15, 0.2) is 42.5 Å². The Morgan fingerprint density at radius 3 is 2.69 bits per heavy atom. The number of nitrogens with zero attached hydrogens (tertiary/aromatic N) is 2. The van der Waals surface area contributed by atoms with Crippen LogP contribution in [0, 0.1) is 16.0 Å². The van der Waals surface area contributed by atoms with E-state index in [2.05, 4.69) is 0 Å². The Morgan fingerprint density at radius 2 is 2.00 bits per heavy atom. The average Bonchev–Trinajstić information content (AvgIpc) is 2.79. The highest BCUT2D eigenvalue weighted by Gasteiger charge is 2.38. The Kier molecular flexibility index (Phi) is 7.29. The summed E-state index contributed by atoms with van der Waals surface area (Å²) in [6, 6.07) is 10.6. The van der Waals surface area contributed by atoms with Crippen LogP contribution >= 0.6 is 0 Å². The van der Waals surface area contributed by atoms with Crippen LogP contribution in [0.3, 0.4) is 0 Å². The number of benzene rings is 2. The Balaban J connectivity index is 1.77. The molecule has 2 aromatic rings. The van der Waals surface area contributed by atoms with Gasteiger partial charge in [-0.2, -0.15) is 0 Å². The molecule has 3 rings (SSSR count). The first-order chi connectivity index (χ1) is 15.3. The van der Waals surface area contributed by atoms with Gasteiger partial charge in [-0.1, -0.05) is 32.0 Å². The van der Waals surface area contributed by atoms with E-state index in [4.69, 9.17) is 14.2 Å². The van der Waals surface area contributed by atoms with E-state index >= 15 is 0 Å². The number of hydrogen-bond acceptors (Lipinski definition) is 7. The van der Waals surface area contributed by atoms with Crippen molar-refractivity contribution >= 4 is 17.7 Å². The van der Waals surface area contributed by atoms with Crippen LogP contribution in [-0.2, 0) is 27.3 Å². The summed E-state index contributed by atoms with van der Waals surface area (Å²) in [4.78, 5) is 37.0. The molecule has 0 bridgehead atoms. The number of hydrogen-bond donors (Lipinski definition) is 0. The minimum atomic E-state index is -0.894. The van der Waals surface area contributed by atoms with E-state index in [1.165, 1.54) is 24.1 Å². The summed E-state index contributed by atoms with van der Waals surface area (Å²) in [6.45, 7) is 4.60. The first-order valence-corrected chi connectivity index (χ1v) is 10.3. The van der Waals surface area contributed by atoms with E-state index in [9.17, 15) is 19.7 Å². The molecule has 0 aromatic heterocycles. The minimum absolute atomic E-state index is 0.00176. The van der Waals surface area contributed by atoms with Crippen LogP contribution in [0.4, 0.5) is 10.5 Å². The number of fused-ring (bicyclic) bond motifs is 1. The Bertz CT molecular complexity index is 1010. The molecule has 2 aromatic carbocycles. The molecule has 0 spiro atoms. The predicted molar refractivity (Wildman–Crippen MR) is 115 cm³/mol. The largest absolute Gasteiger partial charge is 0.489 e. The van der Waals surface area contributed by atoms with Gasteiger partial charge in [0.05, 0.1) is 18.6 Å². The monoisotopic (exact) mass is 442 g/mol. The number of carbonyl (C=O) groups is 2. The molecule has 1 aliphatic rings. The van der Waals surface area contributed by atoms with Gasteiger partial charge >= 0.3 is 12.1 Å². The SMILES string of the molecule is COC(=O)C1c2ccc(OCc3cccc([N+](=O)[O-])c3)cc2CCN1C(=O)OCC(C)C. The van der Waals surface area contributed by atoms with Crippen molar-refractivity contribution in [2.24, 2.45) is 5.92 Å². The molecule has 0 fully saturated rings. The summed E-state index contributed by atoms with van der Waals surface area (Å²) in [5, 5.41) is 10.9. The molecule has 32 heavy (non-hydrogen) atoms. The highest BCUT2D eigenvalue weighted by molar-refractivity contribution is 5.84. The van der Waals surface area contributed by atoms with Crippen molar-refractivity contribution in [2.75, 3.05) is 20.3 Å². The van der Waals surface area contributed by atoms with Crippen molar-refractivity contribution in [3.63, 3.8) is 0 Å². The van der Waals surface area contributed by atoms with E-state index < -0.39 is 23.0 Å². The summed E-state index contributed by atoms with van der Waals surface area (Å²) in [5.41, 5.74) is 2.20. The highest BCUT2D eigenvalue weighted by atomic mass is 16.6. The van der Waals surface area contributed by atoms with E-state index in [1.54, 1.807) is 24.3 Å². The van der Waals surface area contributed by atoms with Crippen LogP contribution in [0.25, 0.3) is 0 Å². The number of rotatable bonds is 7. The minimum Gasteiger partial charge on any atom is -0.489 e. The molecule has 1 heterocycles. The molecule has 0 saturated carbocycles. The van der Waals surface area contributed by atoms with E-state index in [-0.39, 0.29) is 24.8 Å². The van der Waals surface area contributed by atoms with Crippen molar-refractivity contribution in [1.29, 1.82) is 0 Å². The van der Waals surface area contributed by atoms with Crippen LogP contribution in [0.5, 0.6) is 5.75 Å². The van der Waals surface area contributed by atoms with Gasteiger partial charge in [-0.15, -0.1) is 0 Å². The molecular weight excluding hydrogens is 416 g/mol. The summed E-state index contributed by atoms with van der Waals surface area (Å²) in [7, 11) is 1.28. The molecule has 1 amide bonds. The molecule has 170 valence electrons. The second-order valence-electron chi connectivity index (χ2n) is 7.92. The lowest BCUT2D eigenvalue weighted by atomic mass is 9.92. The van der Waals surface area contributed by atoms with Crippen molar-refractivity contribution in [1.82, 2.24) is 4.90 Å². The smallest absolute Gasteiger partial charge is 0.410 e. The van der Waals surface area contributed by atoms with E-state index in [1.807, 2.05) is 19.9 Å². The first kappa shape index (κ1) is 23.1. The first-order valence-electron chi connectivity index (χ1n) is 10.3. The number of carbonyl (C=O) groups excluding carboxylic acids is 2. The molecule has 1 atom stereocenters. The predicted octanol–water partition coefficient (Wildman–Crippen LogP) is 4.04. The van der Waals surface area contributed by atoms with Gasteiger partial charge in [-0.25, -0.2) is 9.59 Å². The average molecular weight is 442 g/mol. The molecule has 0 radical (unpaired) electrons. The Morgan fingerprint density at radius 1 is 1.22 bits per heavy atom. The van der Waals surface area contributed by atoms with Crippen LogP contribution in [0.1, 0.15) is 36.6 Å². The lowest BCUT2D eigenvalue weighted by molar-refractivity contribution is -0.384. The van der Waals surface area contributed by atoms with Crippen LogP contribution in [0.2, 0.25) is 0 Å². The third-order valence-electron chi connectivity index (χ3n) is 5.07. The van der Waals surface area contributed by atoms with Crippen LogP contribution in [-0.4, -0.2) is 42.1 Å². The van der Waals surface area contributed by atoms with Gasteiger partial charge in [0, 0.05) is 18.7 Å². The molecule has 0 saturated heterocycles. The standard InChI is InChI=1S/C23H26N2O7/c1-15(2)13-32-23(27)24-10-9-17-12-19(7-8-20(17)21(24)22(26)30-3)31-14-16-5-4-6-18(11-16)25(28)29/h4-8,11-12,15,21H,9-10,13-14H2,1-3H3. The third kappa shape index (κ3) is 5.35. The molecule has 0 aliphatic carbocycles. The zero-order valence-corrected chi connectivity index (χ0v) is 18.3. The Labute approximate surface area is 186 Å². The second kappa shape index (κ2) is 10.1. The topological polar surface area (TPSA) is 108 Å². The number of esters is 1. The molecule has 0 N–H and O–H groups in total. The van der Waals surface area contributed by atoms with Crippen molar-refractivity contribution in [3.05, 3.63) is 69.3 Å². The maximum absolute atomic E-state index is 12.6. The summed E-state index contributed by atoms with van der Waals surface area (Å²) in [6.07, 6.45) is -0.0288. The van der Waals surface area contributed by atoms with Crippen molar-refractivity contribution in [3.8, 4) is 5.75 Å². The number of ether oxygens (including phenoxy) is 3. The zero-order valence-electron chi connectivity index (χ0n) is 18.3. The van der Waals surface area contributed by atoms with Crippen molar-refractivity contribution < 1.29 is 28.7 Å². The van der Waals surface area contributed by atoms with Crippen molar-refractivity contribution in [2.45, 2.75) is 32.9 Å². The third-order valence-corrected chi connectivity index (χ3v) is 5.07. The maximum Gasteiger partial charge on any atom is 0.410 e. The summed E-state index contributed by atoms with van der Waals surface area (Å²) in [5.74, 6) is 0.200. The summed E-state index contributed by atoms with van der Waals surface area (Å²) < 4.78 is 16.1. The van der Waals surface area contributed by atoms with Crippen LogP contribution < -0.4 is 4.74 Å². The fraction of sp³-hybridized carbons (Fsp3) is 0.391. The maximum atomic E-state index is 12.6. The number of nitro groups is 1. The molecule has 1 aliphatic heterocycles. The lowest BCUT2D eigenvalue weighted by Gasteiger charge is -2.35. The number of nitro benzene ring substituents is 1. The van der Waals surface area contributed by atoms with Gasteiger partial charge in [-0.05, 0) is 41.2 Å². The quantitative estimate of drug-likeness (QED) is 0.362. The molecular formula is C23H26N2O7. The fourth-order valence-corrected chi connectivity index (χ4v) is 3.50. The van der Waals surface area contributed by atoms with Gasteiger partial charge < -0.3 is 14.2 Å². The highest BCUT2D eigenvalue weighted by Crippen LogP contribution is 2.34. The fourth-order valence-electron chi connectivity index (χ4n) is 3.50. The van der Waals surface area contributed by atoms with E-state index in [0.29, 0.717) is 29.8 Å². The molecule has 9 heteroatoms. The normalized spacial score (nSPS) is 15.1. The van der Waals surface area contributed by atoms with E-state index in [0.717, 1.165) is 5.56 Å². The number of amides is 1. The Hall–Kier alpha value is -3.62. The van der Waals surface area contributed by atoms with Gasteiger partial charge in [0.2, 0.25) is 0 Å².